The molecule has 2 rings (SSSR count). The van der Waals surface area contributed by atoms with Gasteiger partial charge in [0.25, 0.3) is 5.91 Å². The first-order chi connectivity index (χ1) is 8.46. The highest BCUT2D eigenvalue weighted by Gasteiger charge is 2.41. The Morgan fingerprint density at radius 2 is 2.16 bits per heavy atom. The van der Waals surface area contributed by atoms with E-state index < -0.39 is 0 Å². The Morgan fingerprint density at radius 3 is 2.63 bits per heavy atom. The number of amides is 1. The highest BCUT2D eigenvalue weighted by atomic mass is 127. The van der Waals surface area contributed by atoms with Crippen molar-refractivity contribution >= 4 is 40.9 Å². The van der Waals surface area contributed by atoms with Gasteiger partial charge in [-0.05, 0) is 72.9 Å². The van der Waals surface area contributed by atoms with Crippen molar-refractivity contribution in [3.63, 3.8) is 0 Å². The minimum absolute atomic E-state index is 0. The number of halogens is 2. The molecule has 19 heavy (non-hydrogen) atoms. The number of carbonyl (C=O) groups is 1. The maximum Gasteiger partial charge on any atom is 0.251 e. The van der Waals surface area contributed by atoms with Crippen molar-refractivity contribution in [3.05, 3.63) is 32.9 Å². The average molecular weight is 395 g/mol. The third-order valence-electron chi connectivity index (χ3n) is 3.74. The predicted molar refractivity (Wildman–Crippen MR) is 88.8 cm³/mol. The fraction of sp³-hybridized carbons (Fsp3) is 0.500. The molecule has 1 unspecified atom stereocenters. The number of hydrogen-bond acceptors (Lipinski definition) is 2. The van der Waals surface area contributed by atoms with Crippen LogP contribution in [0.3, 0.4) is 0 Å². The van der Waals surface area contributed by atoms with Crippen LogP contribution in [0, 0.1) is 16.4 Å². The van der Waals surface area contributed by atoms with Gasteiger partial charge in [-0.1, -0.05) is 6.07 Å². The Kier molecular flexibility index (Phi) is 5.65. The second-order valence-electron chi connectivity index (χ2n) is 5.31. The summed E-state index contributed by atoms with van der Waals surface area (Å²) in [5.41, 5.74) is 7.46. The third-order valence-corrected chi connectivity index (χ3v) is 4.90. The minimum atomic E-state index is -0.257. The topological polar surface area (TPSA) is 55.1 Å². The molecule has 0 spiro atoms. The smallest absolute Gasteiger partial charge is 0.251 e. The van der Waals surface area contributed by atoms with E-state index in [1.165, 1.54) is 18.4 Å². The zero-order valence-corrected chi connectivity index (χ0v) is 14.2. The van der Waals surface area contributed by atoms with E-state index in [1.54, 1.807) is 0 Å². The SMILES string of the molecule is Cc1ccc(C(=O)NC(C)(CN)C2CC2)cc1I.Cl. The van der Waals surface area contributed by atoms with Crippen LogP contribution >= 0.6 is 35.0 Å². The van der Waals surface area contributed by atoms with Gasteiger partial charge < -0.3 is 11.1 Å². The summed E-state index contributed by atoms with van der Waals surface area (Å²) in [5.74, 6) is 0.517. The summed E-state index contributed by atoms with van der Waals surface area (Å²) in [7, 11) is 0. The zero-order chi connectivity index (χ0) is 13.3. The van der Waals surface area contributed by atoms with Crippen LogP contribution in [0.25, 0.3) is 0 Å². The molecule has 106 valence electrons. The molecule has 0 radical (unpaired) electrons. The average Bonchev–Trinajstić information content (AvgIpc) is 3.16. The van der Waals surface area contributed by atoms with Gasteiger partial charge in [-0.25, -0.2) is 0 Å². The Balaban J connectivity index is 0.00000180. The maximum atomic E-state index is 12.2. The summed E-state index contributed by atoms with van der Waals surface area (Å²) in [4.78, 5) is 12.2. The van der Waals surface area contributed by atoms with Gasteiger partial charge in [0.1, 0.15) is 0 Å². The van der Waals surface area contributed by atoms with Gasteiger partial charge in [0.15, 0.2) is 0 Å². The number of hydrogen-bond donors (Lipinski definition) is 2. The van der Waals surface area contributed by atoms with Crippen LogP contribution in [-0.4, -0.2) is 18.0 Å². The summed E-state index contributed by atoms with van der Waals surface area (Å²) in [6.45, 7) is 4.58. The van der Waals surface area contributed by atoms with Crippen LogP contribution in [-0.2, 0) is 0 Å². The molecule has 0 heterocycles. The molecule has 0 bridgehead atoms. The molecule has 1 atom stereocenters. The van der Waals surface area contributed by atoms with Crippen LogP contribution in [0.2, 0.25) is 0 Å². The lowest BCUT2D eigenvalue weighted by Gasteiger charge is -2.29. The van der Waals surface area contributed by atoms with Crippen molar-refractivity contribution < 1.29 is 4.79 Å². The van der Waals surface area contributed by atoms with E-state index in [0.29, 0.717) is 18.0 Å². The molecule has 1 aliphatic carbocycles. The monoisotopic (exact) mass is 394 g/mol. The molecule has 3 N–H and O–H groups in total. The standard InChI is InChI=1S/C14H19IN2O.ClH/c1-9-3-4-10(7-12(9)15)13(18)17-14(2,8-16)11-5-6-11;/h3-4,7,11H,5-6,8,16H2,1-2H3,(H,17,18);1H. The molecular weight excluding hydrogens is 375 g/mol. The van der Waals surface area contributed by atoms with Crippen molar-refractivity contribution in [2.45, 2.75) is 32.2 Å². The zero-order valence-electron chi connectivity index (χ0n) is 11.2. The van der Waals surface area contributed by atoms with E-state index in [0.717, 1.165) is 3.57 Å². The molecule has 1 fully saturated rings. The molecule has 1 saturated carbocycles. The van der Waals surface area contributed by atoms with Crippen molar-refractivity contribution in [3.8, 4) is 0 Å². The molecule has 3 nitrogen and oxygen atoms in total. The summed E-state index contributed by atoms with van der Waals surface area (Å²) in [6, 6.07) is 5.78. The first-order valence-corrected chi connectivity index (χ1v) is 7.33. The summed E-state index contributed by atoms with van der Waals surface area (Å²) >= 11 is 2.25. The fourth-order valence-electron chi connectivity index (χ4n) is 2.11. The molecule has 0 aliphatic heterocycles. The van der Waals surface area contributed by atoms with E-state index in [9.17, 15) is 4.79 Å². The summed E-state index contributed by atoms with van der Waals surface area (Å²) < 4.78 is 1.11. The van der Waals surface area contributed by atoms with Gasteiger partial charge in [0, 0.05) is 15.7 Å². The highest BCUT2D eigenvalue weighted by Crippen LogP contribution is 2.39. The molecule has 1 aromatic carbocycles. The lowest BCUT2D eigenvalue weighted by molar-refractivity contribution is 0.0898. The minimum Gasteiger partial charge on any atom is -0.345 e. The van der Waals surface area contributed by atoms with Gasteiger partial charge in [-0.15, -0.1) is 12.4 Å². The van der Waals surface area contributed by atoms with Gasteiger partial charge in [0.05, 0.1) is 5.54 Å². The van der Waals surface area contributed by atoms with Crippen molar-refractivity contribution in [1.82, 2.24) is 5.32 Å². The van der Waals surface area contributed by atoms with Crippen LogP contribution in [0.1, 0.15) is 35.7 Å². The second kappa shape index (κ2) is 6.41. The first-order valence-electron chi connectivity index (χ1n) is 6.25. The van der Waals surface area contributed by atoms with Gasteiger partial charge in [-0.3, -0.25) is 4.79 Å². The Morgan fingerprint density at radius 1 is 1.53 bits per heavy atom. The van der Waals surface area contributed by atoms with E-state index in [4.69, 9.17) is 5.73 Å². The number of rotatable bonds is 4. The molecule has 0 saturated heterocycles. The lowest BCUT2D eigenvalue weighted by atomic mass is 9.95. The lowest BCUT2D eigenvalue weighted by Crippen LogP contribution is -2.53. The number of carbonyl (C=O) groups excluding carboxylic acids is 1. The fourth-order valence-corrected chi connectivity index (χ4v) is 2.62. The Bertz CT molecular complexity index is 477. The Hall–Kier alpha value is -0.330. The third kappa shape index (κ3) is 3.83. The normalized spacial score (nSPS) is 17.3. The molecule has 0 aromatic heterocycles. The molecule has 5 heteroatoms. The maximum absolute atomic E-state index is 12.2. The number of benzene rings is 1. The molecule has 1 amide bonds. The molecule has 1 aromatic rings. The molecule has 1 aliphatic rings. The largest absolute Gasteiger partial charge is 0.345 e. The second-order valence-corrected chi connectivity index (χ2v) is 6.48. The van der Waals surface area contributed by atoms with Crippen molar-refractivity contribution in [2.75, 3.05) is 6.54 Å². The summed E-state index contributed by atoms with van der Waals surface area (Å²) in [5, 5.41) is 3.10. The van der Waals surface area contributed by atoms with Crippen LogP contribution in [0.15, 0.2) is 18.2 Å². The van der Waals surface area contributed by atoms with E-state index in [2.05, 4.69) is 27.9 Å². The van der Waals surface area contributed by atoms with Gasteiger partial charge in [0.2, 0.25) is 0 Å². The number of aryl methyl sites for hydroxylation is 1. The van der Waals surface area contributed by atoms with E-state index >= 15 is 0 Å². The van der Waals surface area contributed by atoms with E-state index in [1.807, 2.05) is 32.0 Å². The number of nitrogens with one attached hydrogen (secondary N) is 1. The van der Waals surface area contributed by atoms with Crippen LogP contribution in [0.4, 0.5) is 0 Å². The predicted octanol–water partition coefficient (Wildman–Crippen LogP) is 2.88. The van der Waals surface area contributed by atoms with Crippen molar-refractivity contribution in [1.29, 1.82) is 0 Å². The highest BCUT2D eigenvalue weighted by molar-refractivity contribution is 14.1. The van der Waals surface area contributed by atoms with Crippen molar-refractivity contribution in [2.24, 2.45) is 11.7 Å². The van der Waals surface area contributed by atoms with Gasteiger partial charge >= 0.3 is 0 Å². The Labute approximate surface area is 134 Å². The quantitative estimate of drug-likeness (QED) is 0.772. The first kappa shape index (κ1) is 16.7. The van der Waals surface area contributed by atoms with E-state index in [-0.39, 0.29) is 23.9 Å². The molecular formula is C14H20ClIN2O. The van der Waals surface area contributed by atoms with Gasteiger partial charge in [-0.2, -0.15) is 0 Å². The number of nitrogens with two attached hydrogens (primary N) is 1. The van der Waals surface area contributed by atoms with Crippen LogP contribution < -0.4 is 11.1 Å². The summed E-state index contributed by atoms with van der Waals surface area (Å²) in [6.07, 6.45) is 2.33. The van der Waals surface area contributed by atoms with Crippen LogP contribution in [0.5, 0.6) is 0 Å².